The molecule has 0 radical (unpaired) electrons. The van der Waals surface area contributed by atoms with Crippen LogP contribution in [-0.4, -0.2) is 24.5 Å². The van der Waals surface area contributed by atoms with Gasteiger partial charge in [0.25, 0.3) is 0 Å². The first-order valence-corrected chi connectivity index (χ1v) is 7.75. The van der Waals surface area contributed by atoms with Crippen molar-refractivity contribution in [2.24, 2.45) is 5.73 Å². The molecule has 1 fully saturated rings. The molecule has 0 spiro atoms. The van der Waals surface area contributed by atoms with Gasteiger partial charge in [-0.05, 0) is 32.0 Å². The number of hydrogen-bond donors (Lipinski definition) is 1. The first kappa shape index (κ1) is 13.3. The van der Waals surface area contributed by atoms with Crippen molar-refractivity contribution < 1.29 is 0 Å². The van der Waals surface area contributed by atoms with Crippen LogP contribution < -0.4 is 5.73 Å². The van der Waals surface area contributed by atoms with Crippen LogP contribution in [0, 0.1) is 0 Å². The lowest BCUT2D eigenvalue weighted by Gasteiger charge is -2.31. The topological polar surface area (TPSA) is 29.3 Å². The molecule has 0 aliphatic carbocycles. The molecule has 4 heteroatoms. The van der Waals surface area contributed by atoms with Crippen LogP contribution in [0.5, 0.6) is 0 Å². The third kappa shape index (κ3) is 3.68. The van der Waals surface area contributed by atoms with Gasteiger partial charge in [0.15, 0.2) is 0 Å². The normalized spacial score (nSPS) is 20.8. The van der Waals surface area contributed by atoms with Gasteiger partial charge in [0, 0.05) is 16.8 Å². The molecular weight excluding hydrogens is 252 g/mol. The monoisotopic (exact) mass is 272 g/mol. The van der Waals surface area contributed by atoms with Crippen LogP contribution in [0.3, 0.4) is 0 Å². The lowest BCUT2D eigenvalue weighted by atomic mass is 10.1. The Bertz CT molecular complexity index is 332. The van der Waals surface area contributed by atoms with E-state index in [0.29, 0.717) is 12.6 Å². The molecule has 1 atom stereocenters. The van der Waals surface area contributed by atoms with Gasteiger partial charge in [-0.3, -0.25) is 4.90 Å². The maximum absolute atomic E-state index is 6.01. The minimum absolute atomic E-state index is 0.366. The summed E-state index contributed by atoms with van der Waals surface area (Å²) in [6.45, 7) is 3.05. The van der Waals surface area contributed by atoms with E-state index in [1.807, 2.05) is 5.38 Å². The molecule has 2 heterocycles. The van der Waals surface area contributed by atoms with Crippen molar-refractivity contribution in [3.05, 3.63) is 21.3 Å². The van der Waals surface area contributed by atoms with E-state index in [2.05, 4.69) is 11.0 Å². The summed E-state index contributed by atoms with van der Waals surface area (Å²) in [4.78, 5) is 3.86. The van der Waals surface area contributed by atoms with Crippen LogP contribution >= 0.6 is 22.9 Å². The summed E-state index contributed by atoms with van der Waals surface area (Å²) in [5.41, 5.74) is 5.96. The molecule has 0 bridgehead atoms. The van der Waals surface area contributed by atoms with Crippen molar-refractivity contribution in [2.45, 2.75) is 38.1 Å². The number of thiophene rings is 1. The number of likely N-dealkylation sites (tertiary alicyclic amines) is 1. The van der Waals surface area contributed by atoms with Crippen LogP contribution in [0.4, 0.5) is 0 Å². The van der Waals surface area contributed by atoms with Crippen molar-refractivity contribution in [3.63, 3.8) is 0 Å². The predicted octanol–water partition coefficient (Wildman–Crippen LogP) is 3.67. The van der Waals surface area contributed by atoms with Crippen molar-refractivity contribution in [2.75, 3.05) is 19.6 Å². The van der Waals surface area contributed by atoms with Gasteiger partial charge in [-0.25, -0.2) is 0 Å². The highest BCUT2D eigenvalue weighted by atomic mass is 35.5. The van der Waals surface area contributed by atoms with Gasteiger partial charge < -0.3 is 5.73 Å². The Kier molecular flexibility index (Phi) is 5.29. The Morgan fingerprint density at radius 3 is 2.41 bits per heavy atom. The first-order valence-electron chi connectivity index (χ1n) is 6.49. The van der Waals surface area contributed by atoms with Gasteiger partial charge >= 0.3 is 0 Å². The van der Waals surface area contributed by atoms with Crippen molar-refractivity contribution in [1.82, 2.24) is 4.90 Å². The standard InChI is InChI=1S/C13H21ClN2S/c14-11-8-13(17-10-11)12(9-15)16-6-4-2-1-3-5-7-16/h8,10,12H,1-7,9,15H2. The van der Waals surface area contributed by atoms with Crippen molar-refractivity contribution >= 4 is 22.9 Å². The molecule has 1 saturated heterocycles. The quantitative estimate of drug-likeness (QED) is 0.910. The van der Waals surface area contributed by atoms with E-state index in [-0.39, 0.29) is 0 Å². The Morgan fingerprint density at radius 1 is 1.24 bits per heavy atom. The van der Waals surface area contributed by atoms with Crippen LogP contribution in [0.2, 0.25) is 5.02 Å². The van der Waals surface area contributed by atoms with E-state index in [4.69, 9.17) is 17.3 Å². The minimum atomic E-state index is 0.366. The van der Waals surface area contributed by atoms with E-state index in [0.717, 1.165) is 5.02 Å². The van der Waals surface area contributed by atoms with Crippen molar-refractivity contribution in [3.8, 4) is 0 Å². The lowest BCUT2D eigenvalue weighted by Crippen LogP contribution is -2.35. The molecule has 0 aromatic carbocycles. The van der Waals surface area contributed by atoms with E-state index in [9.17, 15) is 0 Å². The number of nitrogens with two attached hydrogens (primary N) is 1. The number of rotatable bonds is 3. The lowest BCUT2D eigenvalue weighted by molar-refractivity contribution is 0.186. The van der Waals surface area contributed by atoms with Crippen molar-refractivity contribution in [1.29, 1.82) is 0 Å². The summed E-state index contributed by atoms with van der Waals surface area (Å²) in [5, 5.41) is 2.85. The maximum Gasteiger partial charge on any atom is 0.0564 e. The fourth-order valence-electron chi connectivity index (χ4n) is 2.53. The summed E-state index contributed by atoms with van der Waals surface area (Å²) >= 11 is 7.74. The molecule has 0 amide bonds. The van der Waals surface area contributed by atoms with E-state index < -0.39 is 0 Å². The molecule has 2 nitrogen and oxygen atoms in total. The summed E-state index contributed by atoms with van der Waals surface area (Å²) < 4.78 is 0. The fourth-order valence-corrected chi connectivity index (χ4v) is 3.76. The molecule has 1 unspecified atom stereocenters. The second-order valence-corrected chi connectivity index (χ2v) is 6.10. The van der Waals surface area contributed by atoms with Gasteiger partial charge in [0.1, 0.15) is 0 Å². The first-order chi connectivity index (χ1) is 8.31. The highest BCUT2D eigenvalue weighted by Crippen LogP contribution is 2.29. The zero-order chi connectivity index (χ0) is 12.1. The van der Waals surface area contributed by atoms with Gasteiger partial charge in [0.05, 0.1) is 11.1 Å². The fraction of sp³-hybridized carbons (Fsp3) is 0.692. The van der Waals surface area contributed by atoms with Crippen LogP contribution in [0.1, 0.15) is 43.0 Å². The molecule has 96 valence electrons. The molecule has 1 aromatic heterocycles. The number of nitrogens with zero attached hydrogens (tertiary/aromatic N) is 1. The Morgan fingerprint density at radius 2 is 1.88 bits per heavy atom. The Labute approximate surface area is 113 Å². The van der Waals surface area contributed by atoms with Gasteiger partial charge in [-0.1, -0.05) is 30.9 Å². The minimum Gasteiger partial charge on any atom is -0.329 e. The van der Waals surface area contributed by atoms with Gasteiger partial charge in [0.2, 0.25) is 0 Å². The maximum atomic E-state index is 6.01. The number of halogens is 1. The Balaban J connectivity index is 2.05. The average Bonchev–Trinajstić information content (AvgIpc) is 2.68. The molecule has 1 aliphatic heterocycles. The molecule has 0 saturated carbocycles. The Hall–Kier alpha value is -0.0900. The highest BCUT2D eigenvalue weighted by molar-refractivity contribution is 7.10. The van der Waals surface area contributed by atoms with Crippen LogP contribution in [-0.2, 0) is 0 Å². The smallest absolute Gasteiger partial charge is 0.0564 e. The summed E-state index contributed by atoms with van der Waals surface area (Å²) in [6, 6.07) is 2.44. The zero-order valence-electron chi connectivity index (χ0n) is 10.2. The molecular formula is C13H21ClN2S. The third-order valence-corrected chi connectivity index (χ3v) is 4.85. The summed E-state index contributed by atoms with van der Waals surface area (Å²) in [5.74, 6) is 0. The van der Waals surface area contributed by atoms with E-state index in [1.54, 1.807) is 11.3 Å². The average molecular weight is 273 g/mol. The summed E-state index contributed by atoms with van der Waals surface area (Å²) in [7, 11) is 0. The van der Waals surface area contributed by atoms with Crippen LogP contribution in [0.25, 0.3) is 0 Å². The highest BCUT2D eigenvalue weighted by Gasteiger charge is 2.20. The molecule has 2 rings (SSSR count). The van der Waals surface area contributed by atoms with E-state index in [1.165, 1.54) is 50.1 Å². The zero-order valence-corrected chi connectivity index (χ0v) is 11.8. The van der Waals surface area contributed by atoms with Crippen LogP contribution in [0.15, 0.2) is 11.4 Å². The second kappa shape index (κ2) is 6.74. The van der Waals surface area contributed by atoms with Gasteiger partial charge in [-0.2, -0.15) is 0 Å². The van der Waals surface area contributed by atoms with E-state index >= 15 is 0 Å². The molecule has 2 N–H and O–H groups in total. The summed E-state index contributed by atoms with van der Waals surface area (Å²) in [6.07, 6.45) is 6.72. The number of hydrogen-bond acceptors (Lipinski definition) is 3. The SMILES string of the molecule is NCC(c1cc(Cl)cs1)N1CCCCCCC1. The predicted molar refractivity (Wildman–Crippen MR) is 75.8 cm³/mol. The molecule has 1 aromatic rings. The second-order valence-electron chi connectivity index (χ2n) is 4.72. The van der Waals surface area contributed by atoms with Gasteiger partial charge in [-0.15, -0.1) is 11.3 Å². The molecule has 17 heavy (non-hydrogen) atoms. The molecule has 1 aliphatic rings. The largest absolute Gasteiger partial charge is 0.329 e. The third-order valence-electron chi connectivity index (χ3n) is 3.47.